The summed E-state index contributed by atoms with van der Waals surface area (Å²) in [5.74, 6) is -4.96. The van der Waals surface area contributed by atoms with Gasteiger partial charge in [-0.25, -0.2) is 9.59 Å². The lowest BCUT2D eigenvalue weighted by Gasteiger charge is -2.27. The molecule has 7 atom stereocenters. The molecule has 18 heteroatoms. The van der Waals surface area contributed by atoms with Crippen LogP contribution in [0.25, 0.3) is 0 Å². The Kier molecular flexibility index (Phi) is 15.7. The average Bonchev–Trinajstić information content (AvgIpc) is 3.56. The Labute approximate surface area is 276 Å². The van der Waals surface area contributed by atoms with Crippen LogP contribution in [0.2, 0.25) is 0 Å². The van der Waals surface area contributed by atoms with Gasteiger partial charge in [-0.3, -0.25) is 24.0 Å². The van der Waals surface area contributed by atoms with Crippen LogP contribution >= 0.6 is 0 Å². The van der Waals surface area contributed by atoms with Gasteiger partial charge in [-0.1, -0.05) is 30.3 Å². The van der Waals surface area contributed by atoms with Gasteiger partial charge in [-0.05, 0) is 39.2 Å². The predicted molar refractivity (Wildman–Crippen MR) is 165 cm³/mol. The number of aliphatic hydroxyl groups excluding tert-OH is 3. The third kappa shape index (κ3) is 11.8. The third-order valence-electron chi connectivity index (χ3n) is 7.34. The lowest BCUT2D eigenvalue weighted by atomic mass is 10.1. The fraction of sp³-hybridized carbons (Fsp3) is 0.567. The van der Waals surface area contributed by atoms with Gasteiger partial charge in [0.1, 0.15) is 30.8 Å². The largest absolute Gasteiger partial charge is 0.467 e. The van der Waals surface area contributed by atoms with Crippen molar-refractivity contribution in [2.24, 2.45) is 0 Å². The average molecular weight is 681 g/mol. The number of nitrogens with one attached hydrogen (secondary N) is 5. The summed E-state index contributed by atoms with van der Waals surface area (Å²) in [6.45, 7) is 2.41. The van der Waals surface area contributed by atoms with E-state index in [1.807, 2.05) is 0 Å². The summed E-state index contributed by atoms with van der Waals surface area (Å²) < 4.78 is 9.61. The number of likely N-dealkylation sites (tertiary alicyclic amines) is 1. The Hall–Kier alpha value is -4.81. The summed E-state index contributed by atoms with van der Waals surface area (Å²) in [7, 11) is 1.09. The highest BCUT2D eigenvalue weighted by Crippen LogP contribution is 2.17. The highest BCUT2D eigenvalue weighted by Gasteiger charge is 2.37. The minimum atomic E-state index is -1.57. The number of aliphatic hydroxyl groups is 3. The second-order valence-electron chi connectivity index (χ2n) is 11.1. The van der Waals surface area contributed by atoms with E-state index in [0.29, 0.717) is 12.0 Å². The molecule has 48 heavy (non-hydrogen) atoms. The molecule has 1 heterocycles. The molecule has 8 N–H and O–H groups in total. The summed E-state index contributed by atoms with van der Waals surface area (Å²) in [6.07, 6.45) is -3.00. The van der Waals surface area contributed by atoms with Gasteiger partial charge in [0.05, 0.1) is 32.5 Å². The fourth-order valence-corrected chi connectivity index (χ4v) is 4.63. The highest BCUT2D eigenvalue weighted by atomic mass is 16.5. The monoisotopic (exact) mass is 680 g/mol. The molecule has 0 aliphatic carbocycles. The molecule has 2 rings (SSSR count). The normalized spacial score (nSPS) is 17.7. The van der Waals surface area contributed by atoms with E-state index in [9.17, 15) is 48.9 Å². The lowest BCUT2D eigenvalue weighted by Crippen LogP contribution is -2.59. The van der Waals surface area contributed by atoms with Gasteiger partial charge < -0.3 is 56.3 Å². The van der Waals surface area contributed by atoms with Gasteiger partial charge in [0.25, 0.3) is 0 Å². The van der Waals surface area contributed by atoms with Gasteiger partial charge in [0.2, 0.25) is 29.5 Å². The topological polar surface area (TPSA) is 262 Å². The Morgan fingerprint density at radius 1 is 0.875 bits per heavy atom. The molecule has 1 aromatic rings. The molecule has 0 spiro atoms. The molecule has 1 saturated heterocycles. The lowest BCUT2D eigenvalue weighted by molar-refractivity contribution is -0.148. The van der Waals surface area contributed by atoms with Crippen LogP contribution in [0.15, 0.2) is 30.3 Å². The number of carbonyl (C=O) groups excluding carboxylic acids is 7. The van der Waals surface area contributed by atoms with Crippen LogP contribution in [-0.2, 0) is 44.8 Å². The molecule has 0 bridgehead atoms. The van der Waals surface area contributed by atoms with Gasteiger partial charge in [0, 0.05) is 6.54 Å². The van der Waals surface area contributed by atoms with Crippen molar-refractivity contribution in [3.8, 4) is 0 Å². The first-order valence-corrected chi connectivity index (χ1v) is 15.2. The maximum atomic E-state index is 13.0. The van der Waals surface area contributed by atoms with Crippen molar-refractivity contribution in [1.29, 1.82) is 0 Å². The molecule has 1 aliphatic heterocycles. The second kappa shape index (κ2) is 19.1. The summed E-state index contributed by atoms with van der Waals surface area (Å²) >= 11 is 0. The molecule has 1 fully saturated rings. The Morgan fingerprint density at radius 2 is 1.52 bits per heavy atom. The van der Waals surface area contributed by atoms with Crippen LogP contribution in [0.1, 0.15) is 39.2 Å². The van der Waals surface area contributed by atoms with E-state index in [0.717, 1.165) is 7.11 Å². The number of hydrogen-bond acceptors (Lipinski definition) is 12. The van der Waals surface area contributed by atoms with E-state index in [2.05, 4.69) is 31.3 Å². The molecule has 0 aromatic heterocycles. The van der Waals surface area contributed by atoms with Gasteiger partial charge in [-0.2, -0.15) is 0 Å². The van der Waals surface area contributed by atoms with Gasteiger partial charge >= 0.3 is 12.1 Å². The van der Waals surface area contributed by atoms with E-state index in [-0.39, 0.29) is 19.6 Å². The maximum Gasteiger partial charge on any atom is 0.408 e. The summed E-state index contributed by atoms with van der Waals surface area (Å²) in [5.41, 5.74) is 0.680. The number of ether oxygens (including phenoxy) is 2. The SMILES string of the molecule is COC(=O)[C@@H](NC(=O)[C@H](C)NC(=O)[C@H]1CCCN1C(=O)CNC(=O)[C@H](CO)NC(=O)[C@@H](NC(=O)OCc1ccccc1)[C@H](C)O)[C@@H](C)O. The number of benzene rings is 1. The number of esters is 1. The molecular formula is C30H44N6O12. The molecule has 0 saturated carbocycles. The van der Waals surface area contributed by atoms with E-state index in [1.54, 1.807) is 30.3 Å². The van der Waals surface area contributed by atoms with E-state index >= 15 is 0 Å². The van der Waals surface area contributed by atoms with Crippen LogP contribution in [0.3, 0.4) is 0 Å². The van der Waals surface area contributed by atoms with Crippen molar-refractivity contribution < 1.29 is 58.4 Å². The number of carbonyl (C=O) groups is 7. The zero-order valence-corrected chi connectivity index (χ0v) is 27.1. The Balaban J connectivity index is 1.91. The molecule has 1 aliphatic rings. The van der Waals surface area contributed by atoms with E-state index in [4.69, 9.17) is 4.74 Å². The molecule has 266 valence electrons. The number of hydrogen-bond donors (Lipinski definition) is 8. The van der Waals surface area contributed by atoms with Gasteiger partial charge in [0.15, 0.2) is 6.04 Å². The first-order valence-electron chi connectivity index (χ1n) is 15.2. The first kappa shape index (κ1) is 39.4. The van der Waals surface area contributed by atoms with Crippen LogP contribution in [-0.4, -0.2) is 131 Å². The number of alkyl carbamates (subject to hydrolysis) is 1. The van der Waals surface area contributed by atoms with Crippen molar-refractivity contribution >= 4 is 41.6 Å². The summed E-state index contributed by atoms with van der Waals surface area (Å²) in [5, 5.41) is 41.0. The molecule has 0 radical (unpaired) electrons. The van der Waals surface area contributed by atoms with Crippen molar-refractivity contribution in [2.75, 3.05) is 26.8 Å². The fourth-order valence-electron chi connectivity index (χ4n) is 4.63. The molecule has 6 amide bonds. The number of nitrogens with zero attached hydrogens (tertiary/aromatic N) is 1. The number of amides is 6. The van der Waals surface area contributed by atoms with Crippen LogP contribution in [0.5, 0.6) is 0 Å². The number of rotatable bonds is 16. The van der Waals surface area contributed by atoms with E-state index < -0.39 is 97.2 Å². The minimum Gasteiger partial charge on any atom is -0.467 e. The standard InChI is InChI=1S/C30H44N6O12/c1-16(25(41)34-24(18(3)39)29(45)47-4)32-27(43)21-11-8-12-36(21)22(40)13-31-26(42)20(14-37)33-28(44)23(17(2)38)35-30(46)48-15-19-9-6-5-7-10-19/h5-7,9-10,16-18,20-21,23-24,37-39H,8,11-15H2,1-4H3,(H,31,42)(H,32,43)(H,33,44)(H,34,41)(H,35,46)/t16-,17-,18+,20-,21+,23-,24-/m0/s1. The highest BCUT2D eigenvalue weighted by molar-refractivity contribution is 5.96. The Morgan fingerprint density at radius 3 is 2.10 bits per heavy atom. The number of methoxy groups -OCH3 is 1. The molecule has 0 unspecified atom stereocenters. The summed E-state index contributed by atoms with van der Waals surface area (Å²) in [6, 6.07) is 2.08. The zero-order valence-electron chi connectivity index (χ0n) is 27.1. The minimum absolute atomic E-state index is 0.105. The van der Waals surface area contributed by atoms with Crippen molar-refractivity contribution in [1.82, 2.24) is 31.5 Å². The zero-order chi connectivity index (χ0) is 36.0. The Bertz CT molecular complexity index is 1290. The second-order valence-corrected chi connectivity index (χ2v) is 11.1. The van der Waals surface area contributed by atoms with Gasteiger partial charge in [-0.15, -0.1) is 0 Å². The van der Waals surface area contributed by atoms with E-state index in [1.165, 1.54) is 25.7 Å². The predicted octanol–water partition coefficient (Wildman–Crippen LogP) is -3.21. The maximum absolute atomic E-state index is 13.0. The third-order valence-corrected chi connectivity index (χ3v) is 7.34. The van der Waals surface area contributed by atoms with Crippen LogP contribution in [0, 0.1) is 0 Å². The molecule has 18 nitrogen and oxygen atoms in total. The van der Waals surface area contributed by atoms with Crippen molar-refractivity contribution in [3.05, 3.63) is 35.9 Å². The van der Waals surface area contributed by atoms with Crippen molar-refractivity contribution in [3.63, 3.8) is 0 Å². The molecule has 1 aromatic carbocycles. The van der Waals surface area contributed by atoms with Crippen LogP contribution in [0.4, 0.5) is 4.79 Å². The molecular weight excluding hydrogens is 636 g/mol. The first-order chi connectivity index (χ1) is 22.7. The van der Waals surface area contributed by atoms with Crippen LogP contribution < -0.4 is 26.6 Å². The quantitative estimate of drug-likeness (QED) is 0.0803. The van der Waals surface area contributed by atoms with Crippen molar-refractivity contribution in [2.45, 2.75) is 82.6 Å². The smallest absolute Gasteiger partial charge is 0.408 e. The summed E-state index contributed by atoms with van der Waals surface area (Å²) in [4.78, 5) is 89.2.